The molecule has 0 spiro atoms. The predicted octanol–water partition coefficient (Wildman–Crippen LogP) is 2.73. The van der Waals surface area contributed by atoms with Gasteiger partial charge in [-0.1, -0.05) is 18.5 Å². The van der Waals surface area contributed by atoms with Crippen LogP contribution in [0.15, 0.2) is 18.2 Å². The van der Waals surface area contributed by atoms with Gasteiger partial charge in [0.25, 0.3) is 0 Å². The maximum Gasteiger partial charge on any atom is 0.241 e. The molecular weight excluding hydrogens is 262 g/mol. The normalized spacial score (nSPS) is 16.4. The molecule has 5 heteroatoms. The summed E-state index contributed by atoms with van der Waals surface area (Å²) in [5.74, 6) is -0.0392. The van der Waals surface area contributed by atoms with Gasteiger partial charge in [0.05, 0.1) is 17.4 Å². The average Bonchev–Trinajstić information content (AvgIpc) is 3.19. The van der Waals surface area contributed by atoms with Crippen LogP contribution in [0.4, 0.5) is 11.4 Å². The highest BCUT2D eigenvalue weighted by Crippen LogP contribution is 2.29. The standard InChI is InChI=1S/C14H20ClN3O/c1-3-18(11-5-6-11)9(2)14(19)17-13-8-10(15)4-7-12(13)16/h4,7-9,11H,3,5-6,16H2,1-2H3,(H,17,19). The number of nitrogens with one attached hydrogen (secondary N) is 1. The molecule has 1 amide bonds. The van der Waals surface area contributed by atoms with Crippen LogP contribution in [-0.2, 0) is 4.79 Å². The second kappa shape index (κ2) is 5.80. The van der Waals surface area contributed by atoms with E-state index < -0.39 is 0 Å². The second-order valence-electron chi connectivity index (χ2n) is 4.96. The fraction of sp³-hybridized carbons (Fsp3) is 0.500. The number of hydrogen-bond donors (Lipinski definition) is 2. The Bertz CT molecular complexity index is 474. The lowest BCUT2D eigenvalue weighted by molar-refractivity contribution is -0.120. The lowest BCUT2D eigenvalue weighted by Crippen LogP contribution is -2.43. The molecule has 1 unspecified atom stereocenters. The summed E-state index contributed by atoms with van der Waals surface area (Å²) in [6.07, 6.45) is 2.37. The second-order valence-corrected chi connectivity index (χ2v) is 5.39. The van der Waals surface area contributed by atoms with Crippen molar-refractivity contribution in [1.82, 2.24) is 4.90 Å². The molecule has 1 fully saturated rings. The summed E-state index contributed by atoms with van der Waals surface area (Å²) in [6, 6.07) is 5.48. The van der Waals surface area contributed by atoms with Crippen LogP contribution < -0.4 is 11.1 Å². The molecule has 19 heavy (non-hydrogen) atoms. The molecule has 0 aliphatic heterocycles. The van der Waals surface area contributed by atoms with Crippen molar-refractivity contribution < 1.29 is 4.79 Å². The number of carbonyl (C=O) groups is 1. The number of amides is 1. The van der Waals surface area contributed by atoms with Gasteiger partial charge < -0.3 is 11.1 Å². The minimum absolute atomic E-state index is 0.0392. The van der Waals surface area contributed by atoms with Gasteiger partial charge in [0.1, 0.15) is 0 Å². The van der Waals surface area contributed by atoms with Crippen molar-refractivity contribution in [3.63, 3.8) is 0 Å². The van der Waals surface area contributed by atoms with Crippen LogP contribution in [0, 0.1) is 0 Å². The number of rotatable bonds is 5. The number of carbonyl (C=O) groups excluding carboxylic acids is 1. The zero-order chi connectivity index (χ0) is 14.0. The molecule has 1 aromatic rings. The Morgan fingerprint density at radius 1 is 1.58 bits per heavy atom. The molecule has 1 atom stereocenters. The van der Waals surface area contributed by atoms with E-state index in [4.69, 9.17) is 17.3 Å². The molecule has 1 aliphatic rings. The van der Waals surface area contributed by atoms with E-state index in [1.807, 2.05) is 6.92 Å². The van der Waals surface area contributed by atoms with Crippen molar-refractivity contribution in [3.05, 3.63) is 23.2 Å². The van der Waals surface area contributed by atoms with Crippen LogP contribution in [0.25, 0.3) is 0 Å². The van der Waals surface area contributed by atoms with Crippen LogP contribution in [0.5, 0.6) is 0 Å². The Labute approximate surface area is 118 Å². The molecule has 1 aromatic carbocycles. The molecule has 1 saturated carbocycles. The van der Waals surface area contributed by atoms with Crippen molar-refractivity contribution >= 4 is 28.9 Å². The highest BCUT2D eigenvalue weighted by molar-refractivity contribution is 6.31. The number of halogens is 1. The smallest absolute Gasteiger partial charge is 0.241 e. The van der Waals surface area contributed by atoms with Gasteiger partial charge in [0.2, 0.25) is 5.91 Å². The fourth-order valence-corrected chi connectivity index (χ4v) is 2.45. The first kappa shape index (κ1) is 14.2. The SMILES string of the molecule is CCN(C1CC1)C(C)C(=O)Nc1cc(Cl)ccc1N. The number of nitrogens with zero attached hydrogens (tertiary/aromatic N) is 1. The molecule has 4 nitrogen and oxygen atoms in total. The lowest BCUT2D eigenvalue weighted by atomic mass is 10.2. The first-order chi connectivity index (χ1) is 9.02. The van der Waals surface area contributed by atoms with E-state index in [0.29, 0.717) is 22.4 Å². The van der Waals surface area contributed by atoms with Gasteiger partial charge >= 0.3 is 0 Å². The topological polar surface area (TPSA) is 58.4 Å². The van der Waals surface area contributed by atoms with Crippen molar-refractivity contribution in [2.45, 2.75) is 38.8 Å². The molecule has 104 valence electrons. The van der Waals surface area contributed by atoms with Gasteiger partial charge in [-0.2, -0.15) is 0 Å². The van der Waals surface area contributed by atoms with Gasteiger partial charge in [-0.25, -0.2) is 0 Å². The first-order valence-corrected chi connectivity index (χ1v) is 7.02. The predicted molar refractivity (Wildman–Crippen MR) is 79.4 cm³/mol. The zero-order valence-corrected chi connectivity index (χ0v) is 12.1. The maximum atomic E-state index is 12.3. The molecule has 2 rings (SSSR count). The average molecular weight is 282 g/mol. The first-order valence-electron chi connectivity index (χ1n) is 6.64. The third-order valence-corrected chi connectivity index (χ3v) is 3.77. The Kier molecular flexibility index (Phi) is 4.32. The summed E-state index contributed by atoms with van der Waals surface area (Å²) >= 11 is 5.91. The molecule has 3 N–H and O–H groups in total. The summed E-state index contributed by atoms with van der Waals surface area (Å²) in [7, 11) is 0. The zero-order valence-electron chi connectivity index (χ0n) is 11.3. The maximum absolute atomic E-state index is 12.3. The van der Waals surface area contributed by atoms with E-state index in [-0.39, 0.29) is 11.9 Å². The van der Waals surface area contributed by atoms with Crippen molar-refractivity contribution in [2.24, 2.45) is 0 Å². The number of benzene rings is 1. The molecule has 0 aromatic heterocycles. The van der Waals surface area contributed by atoms with E-state index in [9.17, 15) is 4.79 Å². The van der Waals surface area contributed by atoms with E-state index in [1.165, 1.54) is 12.8 Å². The van der Waals surface area contributed by atoms with Crippen molar-refractivity contribution in [1.29, 1.82) is 0 Å². The molecule has 0 radical (unpaired) electrons. The minimum atomic E-state index is -0.157. The van der Waals surface area contributed by atoms with Gasteiger partial charge in [-0.15, -0.1) is 0 Å². The van der Waals surface area contributed by atoms with E-state index in [1.54, 1.807) is 18.2 Å². The van der Waals surface area contributed by atoms with Crippen LogP contribution in [0.1, 0.15) is 26.7 Å². The third kappa shape index (κ3) is 3.39. The fourth-order valence-electron chi connectivity index (χ4n) is 2.28. The minimum Gasteiger partial charge on any atom is -0.397 e. The molecular formula is C14H20ClN3O. The molecule has 0 heterocycles. The van der Waals surface area contributed by atoms with Crippen LogP contribution >= 0.6 is 11.6 Å². The lowest BCUT2D eigenvalue weighted by Gasteiger charge is -2.26. The summed E-state index contributed by atoms with van der Waals surface area (Å²) in [5.41, 5.74) is 6.94. The summed E-state index contributed by atoms with van der Waals surface area (Å²) in [5, 5.41) is 3.42. The molecule has 0 bridgehead atoms. The Morgan fingerprint density at radius 3 is 2.84 bits per heavy atom. The number of anilines is 2. The van der Waals surface area contributed by atoms with Crippen LogP contribution in [0.2, 0.25) is 5.02 Å². The van der Waals surface area contributed by atoms with E-state index in [0.717, 1.165) is 6.54 Å². The number of nitrogen functional groups attached to an aromatic ring is 1. The van der Waals surface area contributed by atoms with Gasteiger partial charge in [-0.05, 0) is 44.5 Å². The highest BCUT2D eigenvalue weighted by Gasteiger charge is 2.33. The van der Waals surface area contributed by atoms with Crippen LogP contribution in [-0.4, -0.2) is 29.4 Å². The Balaban J connectivity index is 2.05. The summed E-state index contributed by atoms with van der Waals surface area (Å²) in [4.78, 5) is 14.5. The van der Waals surface area contributed by atoms with Crippen molar-refractivity contribution in [2.75, 3.05) is 17.6 Å². The van der Waals surface area contributed by atoms with Crippen LogP contribution in [0.3, 0.4) is 0 Å². The van der Waals surface area contributed by atoms with Gasteiger partial charge in [0, 0.05) is 11.1 Å². The number of nitrogens with two attached hydrogens (primary N) is 1. The van der Waals surface area contributed by atoms with Gasteiger partial charge in [-0.3, -0.25) is 9.69 Å². The number of likely N-dealkylation sites (N-methyl/N-ethyl adjacent to an activating group) is 1. The van der Waals surface area contributed by atoms with Gasteiger partial charge in [0.15, 0.2) is 0 Å². The highest BCUT2D eigenvalue weighted by atomic mass is 35.5. The van der Waals surface area contributed by atoms with E-state index >= 15 is 0 Å². The Morgan fingerprint density at radius 2 is 2.26 bits per heavy atom. The molecule has 0 saturated heterocycles. The van der Waals surface area contributed by atoms with Crippen molar-refractivity contribution in [3.8, 4) is 0 Å². The summed E-state index contributed by atoms with van der Waals surface area (Å²) < 4.78 is 0. The molecule has 1 aliphatic carbocycles. The quantitative estimate of drug-likeness (QED) is 0.816. The van der Waals surface area contributed by atoms with E-state index in [2.05, 4.69) is 17.1 Å². The number of hydrogen-bond acceptors (Lipinski definition) is 3. The Hall–Kier alpha value is -1.26. The third-order valence-electron chi connectivity index (χ3n) is 3.53. The monoisotopic (exact) mass is 281 g/mol. The summed E-state index contributed by atoms with van der Waals surface area (Å²) in [6.45, 7) is 4.89. The largest absolute Gasteiger partial charge is 0.397 e.